The van der Waals surface area contributed by atoms with Crippen LogP contribution in [0.15, 0.2) is 16.9 Å². The summed E-state index contributed by atoms with van der Waals surface area (Å²) < 4.78 is 34.6. The van der Waals surface area contributed by atoms with Gasteiger partial charge in [-0.15, -0.1) is 0 Å². The van der Waals surface area contributed by atoms with E-state index >= 15 is 0 Å². The fraction of sp³-hybridized carbons (Fsp3) is 0.652. The van der Waals surface area contributed by atoms with Gasteiger partial charge in [-0.3, -0.25) is 4.79 Å². The van der Waals surface area contributed by atoms with Gasteiger partial charge < -0.3 is 19.7 Å². The molecule has 2 N–H and O–H groups in total. The van der Waals surface area contributed by atoms with Gasteiger partial charge in [-0.1, -0.05) is 0 Å². The number of thioether (sulfide) groups is 1. The first-order chi connectivity index (χ1) is 15.4. The van der Waals surface area contributed by atoms with Crippen molar-refractivity contribution in [1.82, 2.24) is 14.9 Å². The molecule has 2 aromatic rings. The number of rotatable bonds is 7. The lowest BCUT2D eigenvalue weighted by Gasteiger charge is -2.32. The number of alkyl halides is 1. The summed E-state index contributed by atoms with van der Waals surface area (Å²) >= 11 is 1.68. The molecule has 1 aliphatic carbocycles. The second-order valence-corrected chi connectivity index (χ2v) is 10.2. The molecule has 0 unspecified atom stereocenters. The molecule has 9 heteroatoms. The van der Waals surface area contributed by atoms with E-state index in [-0.39, 0.29) is 35.3 Å². The summed E-state index contributed by atoms with van der Waals surface area (Å²) in [6.07, 6.45) is 3.26. The number of likely N-dealkylation sites (tertiary alicyclic amines) is 1. The van der Waals surface area contributed by atoms with Crippen LogP contribution in [0.2, 0.25) is 0 Å². The number of hydrogen-bond acceptors (Lipinski definition) is 6. The van der Waals surface area contributed by atoms with Crippen LogP contribution in [0.5, 0.6) is 5.75 Å². The molecule has 1 aliphatic heterocycles. The average molecular weight is 468 g/mol. The van der Waals surface area contributed by atoms with Crippen LogP contribution in [-0.4, -0.2) is 64.7 Å². The third kappa shape index (κ3) is 5.80. The highest BCUT2D eigenvalue weighted by Crippen LogP contribution is 2.29. The number of piperidine rings is 1. The zero-order chi connectivity index (χ0) is 22.7. The van der Waals surface area contributed by atoms with Gasteiger partial charge in [-0.2, -0.15) is 11.8 Å². The molecule has 2 fully saturated rings. The summed E-state index contributed by atoms with van der Waals surface area (Å²) in [7, 11) is 1.89. The van der Waals surface area contributed by atoms with Crippen molar-refractivity contribution in [2.45, 2.75) is 50.1 Å². The Kier molecular flexibility index (Phi) is 7.68. The molecule has 1 aromatic heterocycles. The molecule has 0 spiro atoms. The van der Waals surface area contributed by atoms with Gasteiger partial charge in [0, 0.05) is 24.6 Å². The maximum absolute atomic E-state index is 14.6. The highest BCUT2D eigenvalue weighted by molar-refractivity contribution is 7.98. The summed E-state index contributed by atoms with van der Waals surface area (Å²) in [5, 5.41) is 9.54. The minimum atomic E-state index is -0.976. The fourth-order valence-electron chi connectivity index (χ4n) is 4.53. The molecular weight excluding hydrogens is 436 g/mol. The smallest absolute Gasteiger partial charge is 0.261 e. The monoisotopic (exact) mass is 467 g/mol. The molecule has 0 radical (unpaired) electrons. The number of ether oxygens (including phenoxy) is 1. The summed E-state index contributed by atoms with van der Waals surface area (Å²) in [5.41, 5.74) is -0.255. The van der Waals surface area contributed by atoms with Gasteiger partial charge in [0.15, 0.2) is 0 Å². The Hall–Kier alpha value is -1.71. The van der Waals surface area contributed by atoms with E-state index in [1.807, 2.05) is 11.9 Å². The van der Waals surface area contributed by atoms with Crippen molar-refractivity contribution in [3.8, 4) is 5.75 Å². The summed E-state index contributed by atoms with van der Waals surface area (Å²) in [4.78, 5) is 21.5. The predicted octanol–water partition coefficient (Wildman–Crippen LogP) is 3.52. The third-order valence-electron chi connectivity index (χ3n) is 6.54. The van der Waals surface area contributed by atoms with E-state index < -0.39 is 17.5 Å². The summed E-state index contributed by atoms with van der Waals surface area (Å²) in [6, 6.07) is 2.74. The standard InChI is InChI=1S/C23H31F2N3O3S/c1-28-7-6-15(19(25)10-28)11-31-17-8-18(24)22-20(9-17)26-21(27-23(22)30)13-32-12-14-2-4-16(29)5-3-14/h8-9,14-16,19,29H,2-7,10-13H2,1H3,(H,26,27,30)/t14?,15-,16?,19+/m1/s1. The lowest BCUT2D eigenvalue weighted by molar-refractivity contribution is 0.0695. The first-order valence-corrected chi connectivity index (χ1v) is 12.5. The molecular formula is C23H31F2N3O3S. The molecule has 2 atom stereocenters. The molecule has 176 valence electrons. The van der Waals surface area contributed by atoms with Gasteiger partial charge in [0.1, 0.15) is 28.9 Å². The van der Waals surface area contributed by atoms with Gasteiger partial charge in [0.05, 0.1) is 24.0 Å². The minimum Gasteiger partial charge on any atom is -0.493 e. The molecule has 0 bridgehead atoms. The number of fused-ring (bicyclic) bond motifs is 1. The minimum absolute atomic E-state index is 0.0879. The SMILES string of the molecule is CN1CC[C@H](COc2cc(F)c3c(=O)[nH]c(CSCC4CCC(O)CC4)nc3c2)[C@@H](F)C1. The number of halogens is 2. The Bertz CT molecular complexity index is 981. The van der Waals surface area contributed by atoms with Gasteiger partial charge in [0.2, 0.25) is 0 Å². The van der Waals surface area contributed by atoms with Crippen LogP contribution in [0.25, 0.3) is 10.9 Å². The van der Waals surface area contributed by atoms with Crippen molar-refractivity contribution in [2.24, 2.45) is 11.8 Å². The van der Waals surface area contributed by atoms with Crippen LogP contribution in [0.1, 0.15) is 37.9 Å². The van der Waals surface area contributed by atoms with Crippen molar-refractivity contribution in [2.75, 3.05) is 32.5 Å². The molecule has 1 saturated heterocycles. The molecule has 2 aliphatic rings. The normalized spacial score (nSPS) is 27.0. The molecule has 32 heavy (non-hydrogen) atoms. The van der Waals surface area contributed by atoms with Crippen LogP contribution in [0.4, 0.5) is 8.78 Å². The van der Waals surface area contributed by atoms with Crippen LogP contribution in [0.3, 0.4) is 0 Å². The van der Waals surface area contributed by atoms with Crippen molar-refractivity contribution in [1.29, 1.82) is 0 Å². The third-order valence-corrected chi connectivity index (χ3v) is 7.72. The second-order valence-electron chi connectivity index (χ2n) is 9.14. The molecule has 0 amide bonds. The largest absolute Gasteiger partial charge is 0.493 e. The van der Waals surface area contributed by atoms with Gasteiger partial charge in [-0.05, 0) is 57.4 Å². The Balaban J connectivity index is 1.40. The topological polar surface area (TPSA) is 78.5 Å². The predicted molar refractivity (Wildman–Crippen MR) is 122 cm³/mol. The van der Waals surface area contributed by atoms with E-state index in [1.54, 1.807) is 17.8 Å². The fourth-order valence-corrected chi connectivity index (χ4v) is 5.64. The van der Waals surface area contributed by atoms with Crippen molar-refractivity contribution >= 4 is 22.7 Å². The van der Waals surface area contributed by atoms with Crippen LogP contribution < -0.4 is 10.3 Å². The molecule has 1 saturated carbocycles. The van der Waals surface area contributed by atoms with E-state index in [9.17, 15) is 18.7 Å². The van der Waals surface area contributed by atoms with E-state index in [1.165, 1.54) is 6.07 Å². The second kappa shape index (κ2) is 10.5. The number of hydrogen-bond donors (Lipinski definition) is 2. The first kappa shape index (κ1) is 23.4. The van der Waals surface area contributed by atoms with Crippen LogP contribution in [-0.2, 0) is 5.75 Å². The average Bonchev–Trinajstić information content (AvgIpc) is 2.74. The number of benzene rings is 1. The van der Waals surface area contributed by atoms with E-state index in [0.29, 0.717) is 30.5 Å². The molecule has 2 heterocycles. The number of aliphatic hydroxyl groups excluding tert-OH is 1. The lowest BCUT2D eigenvalue weighted by atomic mass is 9.89. The van der Waals surface area contributed by atoms with Crippen molar-refractivity contribution in [3.63, 3.8) is 0 Å². The van der Waals surface area contributed by atoms with Gasteiger partial charge in [0.25, 0.3) is 5.56 Å². The van der Waals surface area contributed by atoms with Crippen molar-refractivity contribution in [3.05, 3.63) is 34.1 Å². The van der Waals surface area contributed by atoms with Crippen LogP contribution in [0, 0.1) is 17.7 Å². The summed E-state index contributed by atoms with van der Waals surface area (Å²) in [5.74, 6) is 1.86. The van der Waals surface area contributed by atoms with Gasteiger partial charge >= 0.3 is 0 Å². The Morgan fingerprint density at radius 1 is 1.28 bits per heavy atom. The van der Waals surface area contributed by atoms with Crippen LogP contribution >= 0.6 is 11.8 Å². The lowest BCUT2D eigenvalue weighted by Crippen LogP contribution is -2.41. The van der Waals surface area contributed by atoms with Crippen molar-refractivity contribution < 1.29 is 18.6 Å². The Morgan fingerprint density at radius 3 is 2.81 bits per heavy atom. The summed E-state index contributed by atoms with van der Waals surface area (Å²) in [6.45, 7) is 1.35. The van der Waals surface area contributed by atoms with E-state index in [4.69, 9.17) is 4.74 Å². The van der Waals surface area contributed by atoms with E-state index in [0.717, 1.165) is 38.0 Å². The first-order valence-electron chi connectivity index (χ1n) is 11.3. The number of aromatic nitrogens is 2. The zero-order valence-electron chi connectivity index (χ0n) is 18.4. The molecule has 1 aromatic carbocycles. The highest BCUT2D eigenvalue weighted by Gasteiger charge is 2.28. The van der Waals surface area contributed by atoms with E-state index in [2.05, 4.69) is 9.97 Å². The number of aromatic amines is 1. The molecule has 4 rings (SSSR count). The number of aliphatic hydroxyl groups is 1. The Morgan fingerprint density at radius 2 is 2.06 bits per heavy atom. The zero-order valence-corrected chi connectivity index (χ0v) is 19.2. The quantitative estimate of drug-likeness (QED) is 0.649. The number of nitrogens with one attached hydrogen (secondary N) is 1. The highest BCUT2D eigenvalue weighted by atomic mass is 32.2. The van der Waals surface area contributed by atoms with Gasteiger partial charge in [-0.25, -0.2) is 13.8 Å². The maximum atomic E-state index is 14.6. The number of H-pyrrole nitrogens is 1. The maximum Gasteiger partial charge on any atom is 0.261 e. The number of nitrogens with zero attached hydrogens (tertiary/aromatic N) is 2. The molecule has 6 nitrogen and oxygen atoms in total. The Labute approximate surface area is 190 Å².